The van der Waals surface area contributed by atoms with Crippen LogP contribution in [0, 0.1) is 71.1 Å². The molecule has 2 saturated carbocycles. The zero-order valence-corrected chi connectivity index (χ0v) is 23.2. The molecule has 2 aromatic heterocycles. The van der Waals surface area contributed by atoms with E-state index in [4.69, 9.17) is 0 Å². The molecule has 0 aromatic carbocycles. The molecule has 0 radical (unpaired) electrons. The predicted molar refractivity (Wildman–Crippen MR) is 147 cm³/mol. The topological polar surface area (TPSA) is 25.8 Å². The monoisotopic (exact) mass is 540 g/mol. The Bertz CT molecular complexity index is 1160. The zero-order chi connectivity index (χ0) is 28.0. The van der Waals surface area contributed by atoms with Gasteiger partial charge in [0.25, 0.3) is 0 Å². The van der Waals surface area contributed by atoms with Crippen molar-refractivity contribution >= 4 is 0 Å². The van der Waals surface area contributed by atoms with Gasteiger partial charge in [-0.3, -0.25) is 0 Å². The molecule has 2 aliphatic carbocycles. The summed E-state index contributed by atoms with van der Waals surface area (Å²) in [6.07, 6.45) is 15.7. The van der Waals surface area contributed by atoms with Crippen LogP contribution in [0.25, 0.3) is 0 Å². The molecule has 2 aliphatic rings. The minimum Gasteiger partial charge on any atom is -0.189 e. The molecule has 2 nitrogen and oxygen atoms in total. The maximum Gasteiger partial charge on any atom is 0.231 e. The van der Waals surface area contributed by atoms with E-state index in [-0.39, 0.29) is 11.1 Å². The normalized spacial score (nSPS) is 22.4. The van der Waals surface area contributed by atoms with Gasteiger partial charge in [-0.1, -0.05) is 69.6 Å². The number of pyridine rings is 2. The van der Waals surface area contributed by atoms with E-state index in [9.17, 15) is 17.6 Å². The third kappa shape index (κ3) is 10.7. The number of aromatic nitrogens is 2. The van der Waals surface area contributed by atoms with E-state index in [1.165, 1.54) is 69.9 Å². The van der Waals surface area contributed by atoms with Gasteiger partial charge < -0.3 is 0 Å². The average Bonchev–Trinajstić information content (AvgIpc) is 2.93. The van der Waals surface area contributed by atoms with Crippen LogP contribution in [0.2, 0.25) is 0 Å². The van der Waals surface area contributed by atoms with Gasteiger partial charge >= 0.3 is 0 Å². The second-order valence-electron chi connectivity index (χ2n) is 10.8. The van der Waals surface area contributed by atoms with Gasteiger partial charge in [0.05, 0.1) is 11.1 Å². The summed E-state index contributed by atoms with van der Waals surface area (Å²) >= 11 is 0. The van der Waals surface area contributed by atoms with Crippen molar-refractivity contribution in [3.05, 3.63) is 59.2 Å². The number of nitrogens with zero attached hydrogens (tertiary/aromatic N) is 2. The smallest absolute Gasteiger partial charge is 0.189 e. The Labute approximate surface area is 231 Å². The Hall–Kier alpha value is -2.86. The minimum absolute atomic E-state index is 0.192. The summed E-state index contributed by atoms with van der Waals surface area (Å²) < 4.78 is 52.0. The molecule has 0 aliphatic heterocycles. The summed E-state index contributed by atoms with van der Waals surface area (Å²) in [5.41, 5.74) is 0.386. The molecular weight excluding hydrogens is 500 g/mol. The second kappa shape index (κ2) is 16.3. The first-order valence-corrected chi connectivity index (χ1v) is 14.5. The van der Waals surface area contributed by atoms with Crippen LogP contribution >= 0.6 is 0 Å². The van der Waals surface area contributed by atoms with Crippen molar-refractivity contribution in [2.45, 2.75) is 97.3 Å². The first-order valence-electron chi connectivity index (χ1n) is 14.5. The van der Waals surface area contributed by atoms with Gasteiger partial charge in [-0.25, -0.2) is 0 Å². The molecule has 0 unspecified atom stereocenters. The standard InChI is InChI=1S/C17H21F2N.C16H19F2N/c1-2-3-4-13-5-7-14(8-6-13)9-10-15-11-12-16(18)20-17(15)19;1-2-3-12-4-6-13(7-5-12)8-9-14-10-11-15(17)19-16(14)18/h11-14H,2-8H2,1H3;10-13H,2-7H2,1H3. The van der Waals surface area contributed by atoms with Crippen molar-refractivity contribution in [1.29, 1.82) is 0 Å². The highest BCUT2D eigenvalue weighted by Crippen LogP contribution is 2.32. The lowest BCUT2D eigenvalue weighted by Gasteiger charge is -2.25. The molecule has 6 heteroatoms. The van der Waals surface area contributed by atoms with Crippen molar-refractivity contribution < 1.29 is 17.6 Å². The Morgan fingerprint density at radius 3 is 1.44 bits per heavy atom. The molecule has 2 fully saturated rings. The fraction of sp³-hybridized carbons (Fsp3) is 0.576. The maximum atomic E-state index is 13.4. The van der Waals surface area contributed by atoms with Crippen molar-refractivity contribution in [3.63, 3.8) is 0 Å². The highest BCUT2D eigenvalue weighted by atomic mass is 19.1. The number of hydrogen-bond donors (Lipinski definition) is 0. The van der Waals surface area contributed by atoms with Crippen LogP contribution in [0.3, 0.4) is 0 Å². The summed E-state index contributed by atoms with van der Waals surface area (Å²) in [5, 5.41) is 0. The van der Waals surface area contributed by atoms with Crippen LogP contribution in [-0.4, -0.2) is 9.97 Å². The van der Waals surface area contributed by atoms with Gasteiger partial charge in [0, 0.05) is 11.8 Å². The van der Waals surface area contributed by atoms with Crippen LogP contribution in [0.1, 0.15) is 108 Å². The zero-order valence-electron chi connectivity index (χ0n) is 23.2. The number of hydrogen-bond acceptors (Lipinski definition) is 2. The summed E-state index contributed by atoms with van der Waals surface area (Å²) in [6, 6.07) is 5.00. The number of halogens is 4. The molecule has 0 N–H and O–H groups in total. The van der Waals surface area contributed by atoms with Crippen molar-refractivity contribution in [2.24, 2.45) is 23.7 Å². The number of rotatable bonds is 5. The molecule has 0 saturated heterocycles. The highest BCUT2D eigenvalue weighted by Gasteiger charge is 2.20. The molecular formula is C33H40F4N2. The summed E-state index contributed by atoms with van der Waals surface area (Å²) in [7, 11) is 0. The Morgan fingerprint density at radius 2 is 1.05 bits per heavy atom. The quantitative estimate of drug-likeness (QED) is 0.215. The van der Waals surface area contributed by atoms with Gasteiger partial charge in [-0.2, -0.15) is 27.5 Å². The Kier molecular flexibility index (Phi) is 12.8. The summed E-state index contributed by atoms with van der Waals surface area (Å²) in [4.78, 5) is 6.29. The van der Waals surface area contributed by atoms with Gasteiger partial charge in [-0.15, -0.1) is 0 Å². The molecule has 2 heterocycles. The van der Waals surface area contributed by atoms with Crippen molar-refractivity contribution in [1.82, 2.24) is 9.97 Å². The van der Waals surface area contributed by atoms with Crippen molar-refractivity contribution in [3.8, 4) is 23.7 Å². The molecule has 0 bridgehead atoms. The Balaban J connectivity index is 0.000000216. The lowest BCUT2D eigenvalue weighted by atomic mass is 9.80. The van der Waals surface area contributed by atoms with E-state index in [0.717, 1.165) is 49.7 Å². The van der Waals surface area contributed by atoms with Gasteiger partial charge in [0.2, 0.25) is 23.8 Å². The van der Waals surface area contributed by atoms with Crippen LogP contribution in [-0.2, 0) is 0 Å². The molecule has 39 heavy (non-hydrogen) atoms. The first-order chi connectivity index (χ1) is 18.9. The molecule has 4 rings (SSSR count). The SMILES string of the molecule is CCCC1CCC(C#Cc2ccc(F)nc2F)CC1.CCCCC1CCC(C#Cc2ccc(F)nc2F)CC1. The third-order valence-electron chi connectivity index (χ3n) is 7.81. The van der Waals surface area contributed by atoms with E-state index in [0.29, 0.717) is 11.8 Å². The molecule has 0 atom stereocenters. The number of unbranched alkanes of at least 4 members (excludes halogenated alkanes) is 1. The molecule has 2 aromatic rings. The average molecular weight is 541 g/mol. The van der Waals surface area contributed by atoms with Crippen LogP contribution in [0.15, 0.2) is 24.3 Å². The molecule has 210 valence electrons. The van der Waals surface area contributed by atoms with Crippen LogP contribution < -0.4 is 0 Å². The van der Waals surface area contributed by atoms with Gasteiger partial charge in [0.15, 0.2) is 0 Å². The van der Waals surface area contributed by atoms with E-state index >= 15 is 0 Å². The third-order valence-corrected chi connectivity index (χ3v) is 7.81. The molecule has 0 spiro atoms. The fourth-order valence-corrected chi connectivity index (χ4v) is 5.46. The fourth-order valence-electron chi connectivity index (χ4n) is 5.46. The van der Waals surface area contributed by atoms with Crippen molar-refractivity contribution in [2.75, 3.05) is 0 Å². The van der Waals surface area contributed by atoms with Crippen LogP contribution in [0.5, 0.6) is 0 Å². The Morgan fingerprint density at radius 1 is 0.615 bits per heavy atom. The largest absolute Gasteiger partial charge is 0.231 e. The first kappa shape index (κ1) is 30.7. The highest BCUT2D eigenvalue weighted by molar-refractivity contribution is 5.34. The predicted octanol–water partition coefficient (Wildman–Crippen LogP) is 9.03. The summed E-state index contributed by atoms with van der Waals surface area (Å²) in [5.74, 6) is 11.0. The minimum atomic E-state index is -0.813. The van der Waals surface area contributed by atoms with E-state index < -0.39 is 23.8 Å². The second-order valence-corrected chi connectivity index (χ2v) is 10.8. The van der Waals surface area contributed by atoms with Gasteiger partial charge in [-0.05, 0) is 87.5 Å². The van der Waals surface area contributed by atoms with Crippen LogP contribution in [0.4, 0.5) is 17.6 Å². The lowest BCUT2D eigenvalue weighted by Crippen LogP contribution is -2.13. The lowest BCUT2D eigenvalue weighted by molar-refractivity contribution is 0.296. The van der Waals surface area contributed by atoms with E-state index in [1.807, 2.05) is 0 Å². The molecule has 0 amide bonds. The van der Waals surface area contributed by atoms with Gasteiger partial charge in [0.1, 0.15) is 0 Å². The van der Waals surface area contributed by atoms with E-state index in [1.54, 1.807) is 0 Å². The maximum absolute atomic E-state index is 13.4. The van der Waals surface area contributed by atoms with E-state index in [2.05, 4.69) is 47.5 Å². The summed E-state index contributed by atoms with van der Waals surface area (Å²) in [6.45, 7) is 4.44.